The SMILES string of the molecule is COc1ccc([C@H]2C(C(C)=O)=C(C)N=c3s/c(=C\c4c(C)[nH]c5ccccc45)c(=O)n32)c(OC)c1. The molecule has 1 aliphatic heterocycles. The van der Waals surface area contributed by atoms with Crippen molar-refractivity contribution in [1.29, 1.82) is 0 Å². The molecule has 0 bridgehead atoms. The molecule has 3 heterocycles. The van der Waals surface area contributed by atoms with Crippen molar-refractivity contribution in [1.82, 2.24) is 9.55 Å². The summed E-state index contributed by atoms with van der Waals surface area (Å²) >= 11 is 1.32. The van der Waals surface area contributed by atoms with Crippen molar-refractivity contribution in [3.63, 3.8) is 0 Å². The number of H-pyrrole nitrogens is 1. The van der Waals surface area contributed by atoms with Crippen molar-refractivity contribution in [2.75, 3.05) is 14.2 Å². The van der Waals surface area contributed by atoms with Gasteiger partial charge in [0.15, 0.2) is 10.6 Å². The van der Waals surface area contributed by atoms with Gasteiger partial charge in [-0.05, 0) is 45.0 Å². The number of hydrogen-bond acceptors (Lipinski definition) is 6. The Bertz CT molecular complexity index is 1700. The van der Waals surface area contributed by atoms with Gasteiger partial charge in [0.1, 0.15) is 11.5 Å². The zero-order valence-electron chi connectivity index (χ0n) is 20.1. The van der Waals surface area contributed by atoms with Crippen molar-refractivity contribution < 1.29 is 14.3 Å². The van der Waals surface area contributed by atoms with Gasteiger partial charge < -0.3 is 14.5 Å². The first-order valence-corrected chi connectivity index (χ1v) is 12.0. The molecule has 0 spiro atoms. The van der Waals surface area contributed by atoms with Gasteiger partial charge in [-0.15, -0.1) is 0 Å². The number of thiazole rings is 1. The molecule has 178 valence electrons. The molecule has 0 unspecified atom stereocenters. The molecule has 0 fully saturated rings. The normalized spacial score (nSPS) is 15.8. The van der Waals surface area contributed by atoms with Crippen LogP contribution in [0, 0.1) is 6.92 Å². The summed E-state index contributed by atoms with van der Waals surface area (Å²) in [5.41, 5.74) is 4.51. The third-order valence-corrected chi connectivity index (χ3v) is 7.34. The van der Waals surface area contributed by atoms with Crippen LogP contribution >= 0.6 is 11.3 Å². The molecule has 7 nitrogen and oxygen atoms in total. The number of para-hydroxylation sites is 1. The lowest BCUT2D eigenvalue weighted by Gasteiger charge is -2.26. The Kier molecular flexibility index (Phi) is 5.68. The van der Waals surface area contributed by atoms with Crippen LogP contribution < -0.4 is 24.4 Å². The highest BCUT2D eigenvalue weighted by molar-refractivity contribution is 7.07. The molecule has 0 saturated heterocycles. The number of hydrogen-bond donors (Lipinski definition) is 1. The number of Topliss-reactive ketones (excluding diaryl/α,β-unsaturated/α-hetero) is 1. The molecule has 0 saturated carbocycles. The number of ketones is 1. The summed E-state index contributed by atoms with van der Waals surface area (Å²) in [6.45, 7) is 5.30. The molecule has 2 aromatic heterocycles. The number of rotatable bonds is 5. The van der Waals surface area contributed by atoms with E-state index in [0.717, 1.165) is 22.2 Å². The highest BCUT2D eigenvalue weighted by Gasteiger charge is 2.32. The fraction of sp³-hybridized carbons (Fsp3) is 0.222. The molecule has 0 aliphatic carbocycles. The number of nitrogens with one attached hydrogen (secondary N) is 1. The van der Waals surface area contributed by atoms with Crippen LogP contribution in [0.25, 0.3) is 17.0 Å². The van der Waals surface area contributed by atoms with Gasteiger partial charge in [-0.2, -0.15) is 0 Å². The van der Waals surface area contributed by atoms with Crippen molar-refractivity contribution in [2.45, 2.75) is 26.8 Å². The van der Waals surface area contributed by atoms with Gasteiger partial charge in [0, 0.05) is 45.1 Å². The summed E-state index contributed by atoms with van der Waals surface area (Å²) in [5, 5.41) is 1.05. The van der Waals surface area contributed by atoms with E-state index in [-0.39, 0.29) is 11.3 Å². The van der Waals surface area contributed by atoms with Gasteiger partial charge >= 0.3 is 0 Å². The van der Waals surface area contributed by atoms with Gasteiger partial charge in [-0.25, -0.2) is 4.99 Å². The van der Waals surface area contributed by atoms with Crippen LogP contribution in [0.1, 0.15) is 36.7 Å². The number of aromatic nitrogens is 2. The van der Waals surface area contributed by atoms with Crippen molar-refractivity contribution in [3.05, 3.63) is 90.2 Å². The minimum Gasteiger partial charge on any atom is -0.497 e. The molecule has 8 heteroatoms. The standard InChI is InChI=1S/C27H25N3O4S/c1-14-20(18-8-6-7-9-21(18)28-14)13-23-26(32)30-25(19-11-10-17(33-4)12-22(19)34-5)24(16(3)31)15(2)29-27(30)35-23/h6-13,25,28H,1-5H3/b23-13-/t25-/m0/s1. The summed E-state index contributed by atoms with van der Waals surface area (Å²) in [4.78, 5) is 35.2. The molecule has 4 aromatic rings. The average Bonchev–Trinajstić information content (AvgIpc) is 3.33. The Labute approximate surface area is 205 Å². The molecule has 35 heavy (non-hydrogen) atoms. The van der Waals surface area contributed by atoms with E-state index in [1.165, 1.54) is 18.3 Å². The number of fused-ring (bicyclic) bond motifs is 2. The van der Waals surface area contributed by atoms with Crippen molar-refractivity contribution in [3.8, 4) is 11.5 Å². The zero-order valence-corrected chi connectivity index (χ0v) is 20.9. The third kappa shape index (κ3) is 3.70. The predicted octanol–water partition coefficient (Wildman–Crippen LogP) is 3.63. The molecule has 1 atom stereocenters. The van der Waals surface area contributed by atoms with Crippen LogP contribution in [0.15, 0.2) is 63.5 Å². The number of allylic oxidation sites excluding steroid dienone is 2. The third-order valence-electron chi connectivity index (χ3n) is 6.36. The Morgan fingerprint density at radius 1 is 1.14 bits per heavy atom. The van der Waals surface area contributed by atoms with Crippen LogP contribution in [-0.4, -0.2) is 29.6 Å². The minimum absolute atomic E-state index is 0.143. The molecular weight excluding hydrogens is 462 g/mol. The first kappa shape index (κ1) is 22.9. The second-order valence-corrected chi connectivity index (χ2v) is 9.46. The van der Waals surface area contributed by atoms with Crippen LogP contribution in [0.4, 0.5) is 0 Å². The van der Waals surface area contributed by atoms with Gasteiger partial charge in [0.25, 0.3) is 5.56 Å². The molecule has 1 N–H and O–H groups in total. The van der Waals surface area contributed by atoms with Gasteiger partial charge in [-0.1, -0.05) is 29.5 Å². The Balaban J connectivity index is 1.79. The maximum Gasteiger partial charge on any atom is 0.271 e. The maximum atomic E-state index is 13.8. The largest absolute Gasteiger partial charge is 0.497 e. The number of carbonyl (C=O) groups is 1. The van der Waals surface area contributed by atoms with E-state index in [1.54, 1.807) is 37.8 Å². The fourth-order valence-electron chi connectivity index (χ4n) is 4.72. The lowest BCUT2D eigenvalue weighted by molar-refractivity contribution is -0.114. The van der Waals surface area contributed by atoms with E-state index in [9.17, 15) is 9.59 Å². The van der Waals surface area contributed by atoms with E-state index in [2.05, 4.69) is 9.98 Å². The van der Waals surface area contributed by atoms with Crippen molar-refractivity contribution in [2.24, 2.45) is 4.99 Å². The maximum absolute atomic E-state index is 13.8. The predicted molar refractivity (Wildman–Crippen MR) is 137 cm³/mol. The van der Waals surface area contributed by atoms with Crippen LogP contribution in [0.3, 0.4) is 0 Å². The monoisotopic (exact) mass is 487 g/mol. The van der Waals surface area contributed by atoms with E-state index in [1.807, 2.05) is 43.3 Å². The van der Waals surface area contributed by atoms with Crippen LogP contribution in [-0.2, 0) is 4.79 Å². The summed E-state index contributed by atoms with van der Waals surface area (Å²) in [6.07, 6.45) is 1.91. The Morgan fingerprint density at radius 2 is 1.91 bits per heavy atom. The lowest BCUT2D eigenvalue weighted by atomic mass is 9.92. The quantitative estimate of drug-likeness (QED) is 0.466. The summed E-state index contributed by atoms with van der Waals surface area (Å²) < 4.78 is 13.1. The van der Waals surface area contributed by atoms with E-state index < -0.39 is 6.04 Å². The lowest BCUT2D eigenvalue weighted by Crippen LogP contribution is -2.39. The number of benzene rings is 2. The molecule has 1 aliphatic rings. The number of ether oxygens (including phenoxy) is 2. The summed E-state index contributed by atoms with van der Waals surface area (Å²) in [7, 11) is 3.14. The number of aryl methyl sites for hydroxylation is 1. The van der Waals surface area contributed by atoms with Crippen molar-refractivity contribution >= 4 is 34.1 Å². The van der Waals surface area contributed by atoms with E-state index in [4.69, 9.17) is 9.47 Å². The number of carbonyl (C=O) groups excluding carboxylic acids is 1. The van der Waals surface area contributed by atoms with E-state index in [0.29, 0.717) is 37.7 Å². The highest BCUT2D eigenvalue weighted by atomic mass is 32.1. The highest BCUT2D eigenvalue weighted by Crippen LogP contribution is 2.37. The summed E-state index contributed by atoms with van der Waals surface area (Å²) in [5.74, 6) is 1.01. The second kappa shape index (κ2) is 8.70. The van der Waals surface area contributed by atoms with E-state index >= 15 is 0 Å². The summed E-state index contributed by atoms with van der Waals surface area (Å²) in [6, 6.07) is 12.7. The van der Waals surface area contributed by atoms with Gasteiger partial charge in [0.05, 0.1) is 24.8 Å². The van der Waals surface area contributed by atoms with Gasteiger partial charge in [-0.3, -0.25) is 14.2 Å². The number of aromatic amines is 1. The Hall–Kier alpha value is -3.91. The zero-order chi connectivity index (χ0) is 24.9. The van der Waals surface area contributed by atoms with Gasteiger partial charge in [0.2, 0.25) is 0 Å². The molecule has 5 rings (SSSR count). The van der Waals surface area contributed by atoms with Crippen LogP contribution in [0.5, 0.6) is 11.5 Å². The number of nitrogens with zero attached hydrogens (tertiary/aromatic N) is 2. The molecular formula is C27H25N3O4S. The fourth-order valence-corrected chi connectivity index (χ4v) is 5.75. The number of methoxy groups -OCH3 is 2. The second-order valence-electron chi connectivity index (χ2n) is 8.46. The minimum atomic E-state index is -0.657. The average molecular weight is 488 g/mol. The van der Waals surface area contributed by atoms with Crippen LogP contribution in [0.2, 0.25) is 0 Å². The molecule has 2 aromatic carbocycles. The first-order chi connectivity index (χ1) is 16.8. The molecule has 0 amide bonds. The Morgan fingerprint density at radius 3 is 2.63 bits per heavy atom. The molecule has 0 radical (unpaired) electrons. The first-order valence-electron chi connectivity index (χ1n) is 11.2. The topological polar surface area (TPSA) is 85.7 Å². The smallest absolute Gasteiger partial charge is 0.271 e.